The minimum absolute atomic E-state index is 0.192. The first-order valence-electron chi connectivity index (χ1n) is 5.73. The van der Waals surface area contributed by atoms with Gasteiger partial charge in [-0.15, -0.1) is 0 Å². The lowest BCUT2D eigenvalue weighted by Crippen LogP contribution is -2.69. The van der Waals surface area contributed by atoms with Crippen molar-refractivity contribution in [3.63, 3.8) is 0 Å². The highest BCUT2D eigenvalue weighted by Gasteiger charge is 2.48. The molecule has 0 amide bonds. The van der Waals surface area contributed by atoms with Crippen LogP contribution < -0.4 is 0 Å². The summed E-state index contributed by atoms with van der Waals surface area (Å²) in [5, 5.41) is 19.4. The molecule has 0 aromatic heterocycles. The molecule has 0 radical (unpaired) electrons. The Morgan fingerprint density at radius 1 is 1.33 bits per heavy atom. The van der Waals surface area contributed by atoms with Crippen molar-refractivity contribution in [3.05, 3.63) is 0 Å². The molecule has 4 nitrogen and oxygen atoms in total. The molecule has 0 saturated carbocycles. The summed E-state index contributed by atoms with van der Waals surface area (Å²) in [6.45, 7) is 3.39. The zero-order valence-electron chi connectivity index (χ0n) is 9.10. The fourth-order valence-corrected chi connectivity index (χ4v) is 3.50. The quantitative estimate of drug-likeness (QED) is 0.654. The van der Waals surface area contributed by atoms with Crippen LogP contribution in [0.2, 0.25) is 0 Å². The molecular formula is C10H21N2O2P. The smallest absolute Gasteiger partial charge is 0.106 e. The first-order valence-corrected chi connectivity index (χ1v) is 6.24. The average molecular weight is 232 g/mol. The van der Waals surface area contributed by atoms with Gasteiger partial charge in [0.1, 0.15) is 5.60 Å². The van der Waals surface area contributed by atoms with Gasteiger partial charge in [-0.1, -0.05) is 15.8 Å². The summed E-state index contributed by atoms with van der Waals surface area (Å²) in [4.78, 5) is 2.25. The highest BCUT2D eigenvalue weighted by molar-refractivity contribution is 7.13. The van der Waals surface area contributed by atoms with Crippen LogP contribution in [0.25, 0.3) is 0 Å². The highest BCUT2D eigenvalue weighted by Crippen LogP contribution is 2.34. The second kappa shape index (κ2) is 4.64. The Hall–Kier alpha value is 0.270. The van der Waals surface area contributed by atoms with Gasteiger partial charge in [0.25, 0.3) is 0 Å². The topological polar surface area (TPSA) is 46.9 Å². The summed E-state index contributed by atoms with van der Waals surface area (Å²) in [5.74, 6) is 0. The lowest BCUT2D eigenvalue weighted by Gasteiger charge is -2.53. The molecule has 0 spiro atoms. The zero-order valence-corrected chi connectivity index (χ0v) is 10.3. The van der Waals surface area contributed by atoms with E-state index in [-0.39, 0.29) is 12.6 Å². The highest BCUT2D eigenvalue weighted by atomic mass is 31.0. The third-order valence-corrected chi connectivity index (χ3v) is 3.94. The summed E-state index contributed by atoms with van der Waals surface area (Å²) in [6, 6.07) is 0.246. The van der Waals surface area contributed by atoms with E-state index in [4.69, 9.17) is 5.11 Å². The van der Waals surface area contributed by atoms with Gasteiger partial charge in [-0.2, -0.15) is 0 Å². The van der Waals surface area contributed by atoms with E-state index in [0.717, 1.165) is 26.1 Å². The molecular weight excluding hydrogens is 211 g/mol. The van der Waals surface area contributed by atoms with Crippen molar-refractivity contribution in [2.45, 2.75) is 30.9 Å². The van der Waals surface area contributed by atoms with Crippen molar-refractivity contribution in [2.24, 2.45) is 0 Å². The van der Waals surface area contributed by atoms with Crippen molar-refractivity contribution < 1.29 is 10.2 Å². The molecule has 88 valence electrons. The second-order valence-corrected chi connectivity index (χ2v) is 5.51. The van der Waals surface area contributed by atoms with E-state index in [1.807, 2.05) is 0 Å². The van der Waals surface area contributed by atoms with Gasteiger partial charge in [-0.25, -0.2) is 0 Å². The van der Waals surface area contributed by atoms with Gasteiger partial charge in [0.15, 0.2) is 0 Å². The predicted octanol–water partition coefficient (Wildman–Crippen LogP) is -0.330. The Morgan fingerprint density at radius 3 is 2.67 bits per heavy atom. The maximum atomic E-state index is 10.4. The lowest BCUT2D eigenvalue weighted by atomic mass is 9.82. The molecule has 5 heteroatoms. The number of nitrogens with zero attached hydrogens (tertiary/aromatic N) is 2. The standard InChI is InChI=1S/C10H21N2O2P/c13-6-5-11-4-2-1-3-9(11)10(14)7-12(15)8-10/h9,13-14H,1-8,15H2. The minimum Gasteiger partial charge on any atom is -0.395 e. The van der Waals surface area contributed by atoms with E-state index in [9.17, 15) is 5.11 Å². The van der Waals surface area contributed by atoms with E-state index in [2.05, 4.69) is 19.0 Å². The van der Waals surface area contributed by atoms with Crippen LogP contribution >= 0.6 is 9.39 Å². The third-order valence-electron chi connectivity index (χ3n) is 3.57. The minimum atomic E-state index is -0.544. The van der Waals surface area contributed by atoms with Crippen LogP contribution in [-0.2, 0) is 0 Å². The van der Waals surface area contributed by atoms with Gasteiger partial charge >= 0.3 is 0 Å². The van der Waals surface area contributed by atoms with E-state index < -0.39 is 5.60 Å². The molecule has 15 heavy (non-hydrogen) atoms. The van der Waals surface area contributed by atoms with Crippen molar-refractivity contribution in [1.82, 2.24) is 9.57 Å². The number of hydrogen-bond acceptors (Lipinski definition) is 4. The number of rotatable bonds is 3. The molecule has 0 aromatic rings. The van der Waals surface area contributed by atoms with E-state index >= 15 is 0 Å². The molecule has 2 rings (SSSR count). The monoisotopic (exact) mass is 232 g/mol. The Bertz CT molecular complexity index is 219. The van der Waals surface area contributed by atoms with Crippen molar-refractivity contribution in [1.29, 1.82) is 0 Å². The summed E-state index contributed by atoms with van der Waals surface area (Å²) < 4.78 is 2.06. The Balaban J connectivity index is 1.98. The maximum absolute atomic E-state index is 10.4. The third kappa shape index (κ3) is 2.34. The van der Waals surface area contributed by atoms with E-state index in [1.165, 1.54) is 12.8 Å². The number of aliphatic hydroxyl groups excluding tert-OH is 1. The fourth-order valence-electron chi connectivity index (χ4n) is 2.86. The molecule has 0 aliphatic carbocycles. The predicted molar refractivity (Wildman–Crippen MR) is 62.5 cm³/mol. The molecule has 0 aromatic carbocycles. The van der Waals surface area contributed by atoms with Crippen LogP contribution in [0.4, 0.5) is 0 Å². The Kier molecular flexibility index (Phi) is 3.63. The first kappa shape index (κ1) is 11.7. The van der Waals surface area contributed by atoms with Crippen LogP contribution in [0, 0.1) is 0 Å². The van der Waals surface area contributed by atoms with Gasteiger partial charge in [0.05, 0.1) is 6.61 Å². The van der Waals surface area contributed by atoms with Gasteiger partial charge in [0.2, 0.25) is 0 Å². The molecule has 2 heterocycles. The first-order chi connectivity index (χ1) is 7.15. The number of likely N-dealkylation sites (tertiary alicyclic amines) is 1. The average Bonchev–Trinajstić information content (AvgIpc) is 2.17. The van der Waals surface area contributed by atoms with Crippen molar-refractivity contribution in [2.75, 3.05) is 32.8 Å². The molecule has 2 unspecified atom stereocenters. The van der Waals surface area contributed by atoms with Crippen LogP contribution in [0.5, 0.6) is 0 Å². The Labute approximate surface area is 93.5 Å². The molecule has 2 N–H and O–H groups in total. The summed E-state index contributed by atoms with van der Waals surface area (Å²) in [6.07, 6.45) is 3.46. The molecule has 2 atom stereocenters. The van der Waals surface area contributed by atoms with Crippen LogP contribution in [0.15, 0.2) is 0 Å². The van der Waals surface area contributed by atoms with Gasteiger partial charge in [-0.3, -0.25) is 9.57 Å². The molecule has 2 fully saturated rings. The maximum Gasteiger partial charge on any atom is 0.106 e. The van der Waals surface area contributed by atoms with Gasteiger partial charge in [0, 0.05) is 25.7 Å². The number of aliphatic hydroxyl groups is 2. The summed E-state index contributed by atoms with van der Waals surface area (Å²) in [7, 11) is 2.63. The molecule has 2 saturated heterocycles. The van der Waals surface area contributed by atoms with Gasteiger partial charge < -0.3 is 10.2 Å². The van der Waals surface area contributed by atoms with E-state index in [1.54, 1.807) is 0 Å². The number of hydrogen-bond donors (Lipinski definition) is 2. The van der Waals surface area contributed by atoms with E-state index in [0.29, 0.717) is 6.54 Å². The second-order valence-electron chi connectivity index (χ2n) is 4.78. The van der Waals surface area contributed by atoms with Crippen LogP contribution in [0.3, 0.4) is 0 Å². The summed E-state index contributed by atoms with van der Waals surface area (Å²) >= 11 is 0. The molecule has 0 bridgehead atoms. The van der Waals surface area contributed by atoms with Gasteiger partial charge in [-0.05, 0) is 19.4 Å². The van der Waals surface area contributed by atoms with Crippen molar-refractivity contribution >= 4 is 9.39 Å². The normalized spacial score (nSPS) is 32.6. The van der Waals surface area contributed by atoms with Crippen molar-refractivity contribution in [3.8, 4) is 0 Å². The van der Waals surface area contributed by atoms with Crippen LogP contribution in [0.1, 0.15) is 19.3 Å². The zero-order chi connectivity index (χ0) is 10.9. The van der Waals surface area contributed by atoms with Crippen LogP contribution in [-0.4, -0.2) is 64.2 Å². The largest absolute Gasteiger partial charge is 0.395 e. The fraction of sp³-hybridized carbons (Fsp3) is 1.00. The molecule has 2 aliphatic rings. The number of piperidine rings is 1. The Morgan fingerprint density at radius 2 is 2.07 bits per heavy atom. The summed E-state index contributed by atoms with van der Waals surface area (Å²) in [5.41, 5.74) is -0.544. The lowest BCUT2D eigenvalue weighted by molar-refractivity contribution is -0.127. The number of β-amino-alcohol motifs (C(OH)–C–C–N with tert-alkyl or cyclic N) is 2. The SMILES string of the molecule is OCCN1CCCCC1C1(O)CN(P)C1. The molecule has 2 aliphatic heterocycles.